The third-order valence-corrected chi connectivity index (χ3v) is 3.89. The number of fused-ring (bicyclic) bond motifs is 1. The average molecular weight is 317 g/mol. The molecule has 0 aliphatic heterocycles. The lowest BCUT2D eigenvalue weighted by atomic mass is 9.80. The standard InChI is InChI=1S/C15H21FN2O2.ClH/c1-9-6-7-10-11(4-3-5-12(10)16)14(9)18-15(19)13(17)8-20-2;/h3-5,9,13-14H,6-8,17H2,1-2H3,(H,18,19);1H. The van der Waals surface area contributed by atoms with E-state index in [0.29, 0.717) is 12.0 Å². The van der Waals surface area contributed by atoms with Crippen LogP contribution in [0.3, 0.4) is 0 Å². The molecule has 0 bridgehead atoms. The molecule has 0 aromatic heterocycles. The number of carbonyl (C=O) groups excluding carboxylic acids is 1. The summed E-state index contributed by atoms with van der Waals surface area (Å²) in [5.74, 6) is -0.210. The van der Waals surface area contributed by atoms with Gasteiger partial charge in [-0.2, -0.15) is 0 Å². The molecule has 4 nitrogen and oxygen atoms in total. The van der Waals surface area contributed by atoms with E-state index in [9.17, 15) is 9.18 Å². The Balaban J connectivity index is 0.00000220. The number of amides is 1. The van der Waals surface area contributed by atoms with Crippen LogP contribution in [-0.4, -0.2) is 25.7 Å². The van der Waals surface area contributed by atoms with Gasteiger partial charge >= 0.3 is 0 Å². The van der Waals surface area contributed by atoms with Crippen molar-refractivity contribution in [1.82, 2.24) is 5.32 Å². The predicted octanol–water partition coefficient (Wildman–Crippen LogP) is 1.96. The summed E-state index contributed by atoms with van der Waals surface area (Å²) in [5, 5.41) is 2.93. The molecule has 1 aromatic carbocycles. The second-order valence-electron chi connectivity index (χ2n) is 5.37. The molecule has 3 atom stereocenters. The van der Waals surface area contributed by atoms with Crippen molar-refractivity contribution in [3.8, 4) is 0 Å². The van der Waals surface area contributed by atoms with Gasteiger partial charge in [-0.15, -0.1) is 12.4 Å². The predicted molar refractivity (Wildman–Crippen MR) is 81.9 cm³/mol. The highest BCUT2D eigenvalue weighted by Gasteiger charge is 2.30. The van der Waals surface area contributed by atoms with Gasteiger partial charge in [-0.3, -0.25) is 4.79 Å². The number of hydrogen-bond acceptors (Lipinski definition) is 3. The van der Waals surface area contributed by atoms with Crippen LogP contribution < -0.4 is 11.1 Å². The first-order valence-electron chi connectivity index (χ1n) is 6.86. The zero-order valence-electron chi connectivity index (χ0n) is 12.3. The topological polar surface area (TPSA) is 64.3 Å². The lowest BCUT2D eigenvalue weighted by Crippen LogP contribution is -2.46. The van der Waals surface area contributed by atoms with Crippen LogP contribution in [0.15, 0.2) is 18.2 Å². The molecule has 0 saturated heterocycles. The first-order valence-corrected chi connectivity index (χ1v) is 6.86. The van der Waals surface area contributed by atoms with Gasteiger partial charge in [-0.25, -0.2) is 4.39 Å². The molecule has 3 N–H and O–H groups in total. The van der Waals surface area contributed by atoms with Crippen LogP contribution in [0, 0.1) is 11.7 Å². The van der Waals surface area contributed by atoms with Crippen molar-refractivity contribution >= 4 is 18.3 Å². The fraction of sp³-hybridized carbons (Fsp3) is 0.533. The molecule has 1 amide bonds. The summed E-state index contributed by atoms with van der Waals surface area (Å²) in [6.45, 7) is 2.23. The molecular formula is C15H22ClFN2O2. The minimum absolute atomic E-state index is 0. The highest BCUT2D eigenvalue weighted by Crippen LogP contribution is 2.35. The van der Waals surface area contributed by atoms with Crippen LogP contribution in [-0.2, 0) is 16.0 Å². The third kappa shape index (κ3) is 3.93. The Labute approximate surface area is 130 Å². The van der Waals surface area contributed by atoms with Crippen molar-refractivity contribution in [2.24, 2.45) is 11.7 Å². The second kappa shape index (κ2) is 7.73. The van der Waals surface area contributed by atoms with E-state index in [0.717, 1.165) is 12.0 Å². The van der Waals surface area contributed by atoms with E-state index in [1.165, 1.54) is 13.2 Å². The molecule has 0 heterocycles. The van der Waals surface area contributed by atoms with Crippen molar-refractivity contribution in [2.75, 3.05) is 13.7 Å². The lowest BCUT2D eigenvalue weighted by molar-refractivity contribution is -0.124. The monoisotopic (exact) mass is 316 g/mol. The van der Waals surface area contributed by atoms with Crippen molar-refractivity contribution in [3.05, 3.63) is 35.1 Å². The average Bonchev–Trinajstić information content (AvgIpc) is 2.42. The number of benzene rings is 1. The van der Waals surface area contributed by atoms with Gasteiger partial charge in [0.05, 0.1) is 12.6 Å². The Morgan fingerprint density at radius 3 is 2.95 bits per heavy atom. The van der Waals surface area contributed by atoms with E-state index in [1.807, 2.05) is 6.07 Å². The van der Waals surface area contributed by atoms with Crippen molar-refractivity contribution in [1.29, 1.82) is 0 Å². The lowest BCUT2D eigenvalue weighted by Gasteiger charge is -2.33. The molecule has 0 fully saturated rings. The van der Waals surface area contributed by atoms with Crippen LogP contribution in [0.2, 0.25) is 0 Å². The first-order chi connectivity index (χ1) is 9.54. The largest absolute Gasteiger partial charge is 0.383 e. The van der Waals surface area contributed by atoms with Gasteiger partial charge in [0.2, 0.25) is 5.91 Å². The Morgan fingerprint density at radius 2 is 2.29 bits per heavy atom. The normalized spacial score (nSPS) is 21.9. The number of carbonyl (C=O) groups is 1. The summed E-state index contributed by atoms with van der Waals surface area (Å²) in [4.78, 5) is 12.0. The molecule has 1 aliphatic rings. The van der Waals surface area contributed by atoms with E-state index >= 15 is 0 Å². The summed E-state index contributed by atoms with van der Waals surface area (Å²) in [7, 11) is 1.50. The van der Waals surface area contributed by atoms with Crippen LogP contribution in [0.5, 0.6) is 0 Å². The van der Waals surface area contributed by atoms with E-state index in [4.69, 9.17) is 10.5 Å². The summed E-state index contributed by atoms with van der Waals surface area (Å²) < 4.78 is 18.7. The first kappa shape index (κ1) is 17.9. The Morgan fingerprint density at radius 1 is 1.57 bits per heavy atom. The van der Waals surface area contributed by atoms with Gasteiger partial charge in [0, 0.05) is 7.11 Å². The zero-order valence-corrected chi connectivity index (χ0v) is 13.1. The summed E-state index contributed by atoms with van der Waals surface area (Å²) in [5.41, 5.74) is 7.30. The molecule has 6 heteroatoms. The maximum atomic E-state index is 13.8. The summed E-state index contributed by atoms with van der Waals surface area (Å²) >= 11 is 0. The molecule has 3 unspecified atom stereocenters. The molecule has 0 radical (unpaired) electrons. The SMILES string of the molecule is COCC(N)C(=O)NC1c2cccc(F)c2CCC1C.Cl. The number of hydrogen-bond donors (Lipinski definition) is 2. The number of methoxy groups -OCH3 is 1. The Kier molecular flexibility index (Phi) is 6.58. The quantitative estimate of drug-likeness (QED) is 0.892. The van der Waals surface area contributed by atoms with Gasteiger partial charge in [-0.1, -0.05) is 19.1 Å². The smallest absolute Gasteiger partial charge is 0.239 e. The maximum absolute atomic E-state index is 13.8. The van der Waals surface area contributed by atoms with E-state index in [2.05, 4.69) is 12.2 Å². The van der Waals surface area contributed by atoms with Gasteiger partial charge in [-0.05, 0) is 36.0 Å². The molecule has 2 rings (SSSR count). The number of halogens is 2. The van der Waals surface area contributed by atoms with Gasteiger partial charge in [0.15, 0.2) is 0 Å². The highest BCUT2D eigenvalue weighted by atomic mass is 35.5. The molecule has 1 aromatic rings. The van der Waals surface area contributed by atoms with E-state index in [1.54, 1.807) is 6.07 Å². The molecule has 1 aliphatic carbocycles. The fourth-order valence-electron chi connectivity index (χ4n) is 2.71. The number of ether oxygens (including phenoxy) is 1. The summed E-state index contributed by atoms with van der Waals surface area (Å²) in [6.07, 6.45) is 1.55. The minimum Gasteiger partial charge on any atom is -0.383 e. The van der Waals surface area contributed by atoms with Gasteiger partial charge < -0.3 is 15.8 Å². The van der Waals surface area contributed by atoms with Crippen molar-refractivity contribution < 1.29 is 13.9 Å². The van der Waals surface area contributed by atoms with Crippen molar-refractivity contribution in [3.63, 3.8) is 0 Å². The van der Waals surface area contributed by atoms with E-state index in [-0.39, 0.29) is 42.7 Å². The molecule has 21 heavy (non-hydrogen) atoms. The zero-order chi connectivity index (χ0) is 14.7. The highest BCUT2D eigenvalue weighted by molar-refractivity contribution is 5.85. The Bertz CT molecular complexity index is 499. The Hall–Kier alpha value is -1.17. The number of nitrogens with two attached hydrogens (primary N) is 1. The molecule has 0 spiro atoms. The van der Waals surface area contributed by atoms with Crippen LogP contribution >= 0.6 is 12.4 Å². The van der Waals surface area contributed by atoms with Gasteiger partial charge in [0.1, 0.15) is 11.9 Å². The second-order valence-corrected chi connectivity index (χ2v) is 5.37. The van der Waals surface area contributed by atoms with Crippen LogP contribution in [0.1, 0.15) is 30.5 Å². The molecular weight excluding hydrogens is 295 g/mol. The van der Waals surface area contributed by atoms with Crippen LogP contribution in [0.4, 0.5) is 4.39 Å². The summed E-state index contributed by atoms with van der Waals surface area (Å²) in [6, 6.07) is 4.13. The number of rotatable bonds is 4. The molecule has 118 valence electrons. The number of nitrogens with one attached hydrogen (secondary N) is 1. The van der Waals surface area contributed by atoms with Gasteiger partial charge in [0.25, 0.3) is 0 Å². The van der Waals surface area contributed by atoms with Crippen LogP contribution in [0.25, 0.3) is 0 Å². The van der Waals surface area contributed by atoms with Crippen molar-refractivity contribution in [2.45, 2.75) is 31.8 Å². The fourth-order valence-corrected chi connectivity index (χ4v) is 2.71. The third-order valence-electron chi connectivity index (χ3n) is 3.89. The minimum atomic E-state index is -0.703. The maximum Gasteiger partial charge on any atom is 0.239 e. The van der Waals surface area contributed by atoms with E-state index < -0.39 is 6.04 Å². The molecule has 0 saturated carbocycles.